The van der Waals surface area contributed by atoms with E-state index in [0.717, 1.165) is 37.4 Å². The summed E-state index contributed by atoms with van der Waals surface area (Å²) in [6.07, 6.45) is 1.95. The van der Waals surface area contributed by atoms with Gasteiger partial charge in [0.05, 0.1) is 24.3 Å². The molecular formula is C25H34N4O2. The summed E-state index contributed by atoms with van der Waals surface area (Å²) in [7, 11) is 0. The molecule has 1 saturated heterocycles. The minimum absolute atomic E-state index is 0.0754. The summed E-state index contributed by atoms with van der Waals surface area (Å²) in [5.74, 6) is 0.0569. The standard InChI is InChI=1S/C25H34N4O2/c1-17(2)27-15-21(20-7-5-18(3)6-8-20)25(30)29-13-11-28(12-14-29)23-9-10-26-22-16-31-19(4)24(22)23/h5-10,17,19,21,27H,11-16H2,1-4H3/t19-,21?/m0/s1. The summed E-state index contributed by atoms with van der Waals surface area (Å²) in [6, 6.07) is 10.8. The SMILES string of the molecule is Cc1ccc(C(CNC(C)C)C(=O)N2CCN(c3ccnc4c3[C@H](C)OC4)CC2)cc1. The van der Waals surface area contributed by atoms with Crippen molar-refractivity contribution in [2.24, 2.45) is 0 Å². The van der Waals surface area contributed by atoms with Crippen LogP contribution in [0.15, 0.2) is 36.5 Å². The van der Waals surface area contributed by atoms with Crippen LogP contribution in [0.25, 0.3) is 0 Å². The van der Waals surface area contributed by atoms with E-state index in [1.807, 2.05) is 11.1 Å². The van der Waals surface area contributed by atoms with Crippen molar-refractivity contribution in [3.8, 4) is 0 Å². The molecule has 1 aromatic heterocycles. The highest BCUT2D eigenvalue weighted by Gasteiger charge is 2.31. The van der Waals surface area contributed by atoms with Gasteiger partial charge in [-0.05, 0) is 25.5 Å². The maximum absolute atomic E-state index is 13.5. The molecule has 0 radical (unpaired) electrons. The second kappa shape index (κ2) is 9.37. The zero-order chi connectivity index (χ0) is 22.0. The Balaban J connectivity index is 1.46. The molecule has 3 heterocycles. The first-order valence-electron chi connectivity index (χ1n) is 11.4. The van der Waals surface area contributed by atoms with Gasteiger partial charge in [-0.1, -0.05) is 43.7 Å². The Bertz CT molecular complexity index is 904. The van der Waals surface area contributed by atoms with E-state index < -0.39 is 0 Å². The molecule has 2 aliphatic rings. The first kappa shape index (κ1) is 21.8. The normalized spacial score (nSPS) is 19.6. The van der Waals surface area contributed by atoms with E-state index >= 15 is 0 Å². The van der Waals surface area contributed by atoms with Crippen molar-refractivity contribution in [1.82, 2.24) is 15.2 Å². The van der Waals surface area contributed by atoms with Crippen LogP contribution in [-0.2, 0) is 16.1 Å². The van der Waals surface area contributed by atoms with Gasteiger partial charge in [0.1, 0.15) is 0 Å². The minimum atomic E-state index is -0.159. The molecule has 0 spiro atoms. The van der Waals surface area contributed by atoms with Gasteiger partial charge in [0.15, 0.2) is 0 Å². The molecule has 6 nitrogen and oxygen atoms in total. The van der Waals surface area contributed by atoms with Gasteiger partial charge in [-0.3, -0.25) is 9.78 Å². The zero-order valence-corrected chi connectivity index (χ0v) is 19.1. The van der Waals surface area contributed by atoms with Crippen LogP contribution < -0.4 is 10.2 Å². The average molecular weight is 423 g/mol. The van der Waals surface area contributed by atoms with E-state index in [4.69, 9.17) is 4.74 Å². The highest BCUT2D eigenvalue weighted by molar-refractivity contribution is 5.84. The number of piperazine rings is 1. The molecule has 1 unspecified atom stereocenters. The number of benzene rings is 1. The number of fused-ring (bicyclic) bond motifs is 1. The fraction of sp³-hybridized carbons (Fsp3) is 0.520. The molecule has 31 heavy (non-hydrogen) atoms. The maximum Gasteiger partial charge on any atom is 0.231 e. The quantitative estimate of drug-likeness (QED) is 0.773. The number of aryl methyl sites for hydroxylation is 1. The van der Waals surface area contributed by atoms with Crippen molar-refractivity contribution >= 4 is 11.6 Å². The predicted molar refractivity (Wildman–Crippen MR) is 123 cm³/mol. The third-order valence-electron chi connectivity index (χ3n) is 6.37. The summed E-state index contributed by atoms with van der Waals surface area (Å²) in [4.78, 5) is 22.4. The largest absolute Gasteiger partial charge is 0.368 e. The van der Waals surface area contributed by atoms with Crippen molar-refractivity contribution in [1.29, 1.82) is 0 Å². The number of hydrogen-bond donors (Lipinski definition) is 1. The van der Waals surface area contributed by atoms with Crippen molar-refractivity contribution in [3.05, 3.63) is 58.9 Å². The number of carbonyl (C=O) groups excluding carboxylic acids is 1. The molecular weight excluding hydrogens is 388 g/mol. The van der Waals surface area contributed by atoms with Crippen LogP contribution in [0.4, 0.5) is 5.69 Å². The number of rotatable bonds is 6. The first-order chi connectivity index (χ1) is 14.9. The molecule has 1 aromatic carbocycles. The number of carbonyl (C=O) groups is 1. The third-order valence-corrected chi connectivity index (χ3v) is 6.37. The Morgan fingerprint density at radius 1 is 1.16 bits per heavy atom. The molecule has 0 aliphatic carbocycles. The van der Waals surface area contributed by atoms with Crippen molar-refractivity contribution in [3.63, 3.8) is 0 Å². The van der Waals surface area contributed by atoms with Crippen LogP contribution in [0.2, 0.25) is 0 Å². The maximum atomic E-state index is 13.5. The second-order valence-electron chi connectivity index (χ2n) is 8.98. The Kier molecular flexibility index (Phi) is 6.58. The van der Waals surface area contributed by atoms with Gasteiger partial charge in [0, 0.05) is 56.2 Å². The monoisotopic (exact) mass is 422 g/mol. The summed E-state index contributed by atoms with van der Waals surface area (Å²) in [5, 5.41) is 3.47. The van der Waals surface area contributed by atoms with Gasteiger partial charge in [0.2, 0.25) is 5.91 Å². The number of hydrogen-bond acceptors (Lipinski definition) is 5. The van der Waals surface area contributed by atoms with Crippen LogP contribution in [0.1, 0.15) is 55.2 Å². The lowest BCUT2D eigenvalue weighted by Crippen LogP contribution is -2.51. The van der Waals surface area contributed by atoms with E-state index in [0.29, 0.717) is 19.2 Å². The Labute approximate surface area is 185 Å². The number of amides is 1. The summed E-state index contributed by atoms with van der Waals surface area (Å²) in [5.41, 5.74) is 5.76. The van der Waals surface area contributed by atoms with Gasteiger partial charge in [0.25, 0.3) is 0 Å². The van der Waals surface area contributed by atoms with Crippen LogP contribution in [0, 0.1) is 6.92 Å². The Hall–Kier alpha value is -2.44. The van der Waals surface area contributed by atoms with E-state index in [2.05, 4.69) is 73.2 Å². The number of nitrogens with zero attached hydrogens (tertiary/aromatic N) is 3. The lowest BCUT2D eigenvalue weighted by molar-refractivity contribution is -0.133. The van der Waals surface area contributed by atoms with E-state index in [9.17, 15) is 4.79 Å². The molecule has 2 aliphatic heterocycles. The summed E-state index contributed by atoms with van der Waals surface area (Å²) >= 11 is 0. The molecule has 1 N–H and O–H groups in total. The van der Waals surface area contributed by atoms with Crippen LogP contribution >= 0.6 is 0 Å². The zero-order valence-electron chi connectivity index (χ0n) is 19.1. The molecule has 2 atom stereocenters. The number of aromatic nitrogens is 1. The smallest absolute Gasteiger partial charge is 0.231 e. The van der Waals surface area contributed by atoms with Crippen molar-refractivity contribution in [2.75, 3.05) is 37.6 Å². The summed E-state index contributed by atoms with van der Waals surface area (Å²) < 4.78 is 5.79. The Morgan fingerprint density at radius 3 is 2.55 bits per heavy atom. The summed E-state index contributed by atoms with van der Waals surface area (Å²) in [6.45, 7) is 12.8. The lowest BCUT2D eigenvalue weighted by Gasteiger charge is -2.38. The average Bonchev–Trinajstić information content (AvgIpc) is 3.16. The molecule has 1 amide bonds. The van der Waals surface area contributed by atoms with Crippen LogP contribution in [0.3, 0.4) is 0 Å². The van der Waals surface area contributed by atoms with Crippen LogP contribution in [0.5, 0.6) is 0 Å². The number of anilines is 1. The van der Waals surface area contributed by atoms with Gasteiger partial charge in [-0.15, -0.1) is 0 Å². The molecule has 0 saturated carbocycles. The number of nitrogens with one attached hydrogen (secondary N) is 1. The van der Waals surface area contributed by atoms with Gasteiger partial charge in [-0.25, -0.2) is 0 Å². The van der Waals surface area contributed by atoms with E-state index in [1.165, 1.54) is 16.8 Å². The second-order valence-corrected chi connectivity index (χ2v) is 8.98. The predicted octanol–water partition coefficient (Wildman–Crippen LogP) is 3.41. The van der Waals surface area contributed by atoms with E-state index in [-0.39, 0.29) is 17.9 Å². The first-order valence-corrected chi connectivity index (χ1v) is 11.4. The number of pyridine rings is 1. The highest BCUT2D eigenvalue weighted by Crippen LogP contribution is 2.36. The van der Waals surface area contributed by atoms with Crippen LogP contribution in [-0.4, -0.2) is 54.6 Å². The Morgan fingerprint density at radius 2 is 1.87 bits per heavy atom. The topological polar surface area (TPSA) is 57.7 Å². The third kappa shape index (κ3) is 4.75. The van der Waals surface area contributed by atoms with Gasteiger partial charge >= 0.3 is 0 Å². The molecule has 0 bridgehead atoms. The molecule has 6 heteroatoms. The van der Waals surface area contributed by atoms with E-state index in [1.54, 1.807) is 0 Å². The van der Waals surface area contributed by atoms with Crippen molar-refractivity contribution < 1.29 is 9.53 Å². The number of ether oxygens (including phenoxy) is 1. The highest BCUT2D eigenvalue weighted by atomic mass is 16.5. The van der Waals surface area contributed by atoms with Gasteiger partial charge in [-0.2, -0.15) is 0 Å². The molecule has 1 fully saturated rings. The fourth-order valence-electron chi connectivity index (χ4n) is 4.51. The fourth-order valence-corrected chi connectivity index (χ4v) is 4.51. The van der Waals surface area contributed by atoms with Gasteiger partial charge < -0.3 is 19.9 Å². The lowest BCUT2D eigenvalue weighted by atomic mass is 9.95. The molecule has 166 valence electrons. The minimum Gasteiger partial charge on any atom is -0.368 e. The molecule has 4 rings (SSSR count). The molecule has 2 aromatic rings. The van der Waals surface area contributed by atoms with Crippen molar-refractivity contribution in [2.45, 2.75) is 52.4 Å².